The van der Waals surface area contributed by atoms with Crippen LogP contribution in [0.3, 0.4) is 0 Å². The average molecular weight is 443 g/mol. The summed E-state index contributed by atoms with van der Waals surface area (Å²) in [6.07, 6.45) is 2.28. The van der Waals surface area contributed by atoms with Crippen LogP contribution >= 0.6 is 0 Å². The first-order chi connectivity index (χ1) is 16.8. The lowest BCUT2D eigenvalue weighted by molar-refractivity contribution is 0.654. The van der Waals surface area contributed by atoms with Crippen LogP contribution in [0.2, 0.25) is 0 Å². The Labute approximate surface area is 202 Å². The molecule has 2 nitrogen and oxygen atoms in total. The van der Waals surface area contributed by atoms with Crippen molar-refractivity contribution in [3.8, 4) is 11.3 Å². The number of aliphatic imine (C=N–C) groups is 1. The smallest absolute Gasteiger partial charge is 0.0809 e. The second-order valence-electron chi connectivity index (χ2n) is 8.77. The van der Waals surface area contributed by atoms with Gasteiger partial charge in [0.05, 0.1) is 17.1 Å². The summed E-state index contributed by atoms with van der Waals surface area (Å²) < 4.78 is 2.50. The van der Waals surface area contributed by atoms with E-state index < -0.39 is 0 Å². The van der Waals surface area contributed by atoms with Crippen molar-refractivity contribution in [2.24, 2.45) is 4.99 Å². The van der Waals surface area contributed by atoms with Crippen molar-refractivity contribution in [2.75, 3.05) is 0 Å². The largest absolute Gasteiger partial charge is 0.340 e. The Balaban J connectivity index is 1.87. The van der Waals surface area contributed by atoms with Gasteiger partial charge in [0.1, 0.15) is 0 Å². The molecule has 0 aliphatic carbocycles. The Morgan fingerprint density at radius 3 is 2.09 bits per heavy atom. The summed E-state index contributed by atoms with van der Waals surface area (Å²) in [6.45, 7) is 5.34. The van der Waals surface area contributed by atoms with E-state index in [9.17, 15) is 0 Å². The molecule has 0 spiro atoms. The van der Waals surface area contributed by atoms with Gasteiger partial charge in [-0.1, -0.05) is 110 Å². The average Bonchev–Trinajstić information content (AvgIpc) is 3.22. The quantitative estimate of drug-likeness (QED) is 0.225. The predicted octanol–water partition coefficient (Wildman–Crippen LogP) is 8.59. The summed E-state index contributed by atoms with van der Waals surface area (Å²) in [4.78, 5) is 5.27. The maximum absolute atomic E-state index is 5.27. The highest BCUT2D eigenvalue weighted by Crippen LogP contribution is 2.37. The van der Waals surface area contributed by atoms with Crippen molar-refractivity contribution in [3.05, 3.63) is 126 Å². The second kappa shape index (κ2) is 9.93. The van der Waals surface area contributed by atoms with E-state index in [1.54, 1.807) is 0 Å². The summed E-state index contributed by atoms with van der Waals surface area (Å²) in [5.41, 5.74) is 9.26. The monoisotopic (exact) mass is 442 g/mol. The molecule has 0 aliphatic heterocycles. The third-order valence-electron chi connectivity index (χ3n) is 6.31. The molecule has 0 aliphatic rings. The van der Waals surface area contributed by atoms with E-state index >= 15 is 0 Å². The molecule has 0 saturated heterocycles. The van der Waals surface area contributed by atoms with Crippen LogP contribution in [0.25, 0.3) is 22.2 Å². The fraction of sp³-hybridized carbons (Fsp3) is 0.156. The molecule has 0 bridgehead atoms. The first kappa shape index (κ1) is 21.9. The van der Waals surface area contributed by atoms with E-state index in [2.05, 4.69) is 128 Å². The van der Waals surface area contributed by atoms with Gasteiger partial charge in [0, 0.05) is 28.6 Å². The van der Waals surface area contributed by atoms with E-state index in [0.29, 0.717) is 0 Å². The standard InChI is InChI=1S/C32H30N2/c1-3-4-23-34-29-18-12-11-17-28(29)30(32(34)26-15-9-6-10-16-26)31(25-13-7-5-8-14-25)33-27-21-19-24(2)20-22-27/h5-22H,3-4,23H2,1-2H3. The molecule has 168 valence electrons. The van der Waals surface area contributed by atoms with Crippen molar-refractivity contribution in [1.29, 1.82) is 0 Å². The molecule has 5 aromatic rings. The fourth-order valence-electron chi connectivity index (χ4n) is 4.60. The van der Waals surface area contributed by atoms with Crippen LogP contribution in [0.1, 0.15) is 36.5 Å². The molecule has 0 fully saturated rings. The normalized spacial score (nSPS) is 11.8. The number of unbranched alkanes of at least 4 members (excludes halogenated alkanes) is 1. The minimum Gasteiger partial charge on any atom is -0.340 e. The van der Waals surface area contributed by atoms with Crippen LogP contribution in [0, 0.1) is 6.92 Å². The summed E-state index contributed by atoms with van der Waals surface area (Å²) >= 11 is 0. The van der Waals surface area contributed by atoms with E-state index in [1.807, 2.05) is 0 Å². The van der Waals surface area contributed by atoms with Crippen LogP contribution in [0.5, 0.6) is 0 Å². The van der Waals surface area contributed by atoms with Crippen LogP contribution in [0.15, 0.2) is 114 Å². The van der Waals surface area contributed by atoms with Crippen LogP contribution < -0.4 is 0 Å². The van der Waals surface area contributed by atoms with Crippen molar-refractivity contribution < 1.29 is 0 Å². The number of fused-ring (bicyclic) bond motifs is 1. The number of aromatic nitrogens is 1. The van der Waals surface area contributed by atoms with Gasteiger partial charge in [-0.2, -0.15) is 0 Å². The summed E-state index contributed by atoms with van der Waals surface area (Å²) in [6, 6.07) is 38.6. The first-order valence-electron chi connectivity index (χ1n) is 12.1. The lowest BCUT2D eigenvalue weighted by Gasteiger charge is -2.14. The molecule has 1 heterocycles. The number of para-hydroxylation sites is 1. The van der Waals surface area contributed by atoms with Gasteiger partial charge in [-0.15, -0.1) is 0 Å². The molecular weight excluding hydrogens is 412 g/mol. The zero-order valence-corrected chi connectivity index (χ0v) is 19.9. The molecule has 0 N–H and O–H groups in total. The number of aryl methyl sites for hydroxylation is 2. The zero-order valence-electron chi connectivity index (χ0n) is 19.9. The Kier molecular flexibility index (Phi) is 6.40. The molecule has 0 atom stereocenters. The van der Waals surface area contributed by atoms with Crippen LogP contribution in [-0.4, -0.2) is 10.3 Å². The Morgan fingerprint density at radius 1 is 0.735 bits per heavy atom. The minimum atomic E-state index is 0.967. The van der Waals surface area contributed by atoms with Crippen molar-refractivity contribution in [2.45, 2.75) is 33.2 Å². The van der Waals surface area contributed by atoms with E-state index in [-0.39, 0.29) is 0 Å². The Hall–Kier alpha value is -3.91. The summed E-state index contributed by atoms with van der Waals surface area (Å²) in [5, 5.41) is 1.24. The molecule has 34 heavy (non-hydrogen) atoms. The van der Waals surface area contributed by atoms with Crippen LogP contribution in [0.4, 0.5) is 5.69 Å². The van der Waals surface area contributed by atoms with Crippen LogP contribution in [-0.2, 0) is 6.54 Å². The van der Waals surface area contributed by atoms with Gasteiger partial charge in [0.25, 0.3) is 0 Å². The third-order valence-corrected chi connectivity index (χ3v) is 6.31. The van der Waals surface area contributed by atoms with E-state index in [1.165, 1.54) is 33.3 Å². The van der Waals surface area contributed by atoms with Gasteiger partial charge in [-0.3, -0.25) is 0 Å². The number of hydrogen-bond donors (Lipinski definition) is 0. The zero-order chi connectivity index (χ0) is 23.3. The molecule has 2 heteroatoms. The van der Waals surface area contributed by atoms with Crippen molar-refractivity contribution in [1.82, 2.24) is 4.57 Å². The van der Waals surface area contributed by atoms with Gasteiger partial charge in [-0.25, -0.2) is 4.99 Å². The van der Waals surface area contributed by atoms with Crippen molar-refractivity contribution in [3.63, 3.8) is 0 Å². The number of benzene rings is 4. The highest BCUT2D eigenvalue weighted by molar-refractivity contribution is 6.24. The molecule has 0 saturated carbocycles. The van der Waals surface area contributed by atoms with Gasteiger partial charge in [0.2, 0.25) is 0 Å². The van der Waals surface area contributed by atoms with E-state index in [4.69, 9.17) is 4.99 Å². The number of nitrogens with zero attached hydrogens (tertiary/aromatic N) is 2. The lowest BCUT2D eigenvalue weighted by Crippen LogP contribution is -2.07. The van der Waals surface area contributed by atoms with E-state index in [0.717, 1.165) is 36.3 Å². The second-order valence-corrected chi connectivity index (χ2v) is 8.77. The summed E-state index contributed by atoms with van der Waals surface area (Å²) in [5.74, 6) is 0. The minimum absolute atomic E-state index is 0.967. The first-order valence-corrected chi connectivity index (χ1v) is 12.1. The van der Waals surface area contributed by atoms with Gasteiger partial charge < -0.3 is 4.57 Å². The van der Waals surface area contributed by atoms with Gasteiger partial charge in [0.15, 0.2) is 0 Å². The maximum atomic E-state index is 5.27. The molecular formula is C32H30N2. The molecule has 4 aromatic carbocycles. The summed E-state index contributed by atoms with van der Waals surface area (Å²) in [7, 11) is 0. The lowest BCUT2D eigenvalue weighted by atomic mass is 9.96. The molecule has 0 amide bonds. The fourth-order valence-corrected chi connectivity index (χ4v) is 4.60. The van der Waals surface area contributed by atoms with Gasteiger partial charge in [-0.05, 0) is 37.1 Å². The number of rotatable bonds is 7. The van der Waals surface area contributed by atoms with Gasteiger partial charge >= 0.3 is 0 Å². The highest BCUT2D eigenvalue weighted by Gasteiger charge is 2.23. The topological polar surface area (TPSA) is 17.3 Å². The number of hydrogen-bond acceptors (Lipinski definition) is 1. The Morgan fingerprint density at radius 2 is 1.38 bits per heavy atom. The molecule has 5 rings (SSSR count). The van der Waals surface area contributed by atoms with Crippen molar-refractivity contribution >= 4 is 22.3 Å². The Bertz CT molecular complexity index is 1410. The highest BCUT2D eigenvalue weighted by atomic mass is 15.0. The maximum Gasteiger partial charge on any atom is 0.0809 e. The molecule has 0 radical (unpaired) electrons. The third kappa shape index (κ3) is 4.32. The predicted molar refractivity (Wildman–Crippen MR) is 145 cm³/mol. The molecule has 1 aromatic heterocycles. The molecule has 0 unspecified atom stereocenters. The SMILES string of the molecule is CCCCn1c(-c2ccccc2)c(C(=Nc2ccc(C)cc2)c2ccccc2)c2ccccc21.